The lowest BCUT2D eigenvalue weighted by molar-refractivity contribution is -0.160. The van der Waals surface area contributed by atoms with Crippen LogP contribution in [0, 0.1) is 5.92 Å². The Morgan fingerprint density at radius 2 is 1.66 bits per heavy atom. The van der Waals surface area contributed by atoms with Crippen LogP contribution in [0.5, 0.6) is 0 Å². The van der Waals surface area contributed by atoms with E-state index >= 15 is 0 Å². The van der Waals surface area contributed by atoms with Crippen molar-refractivity contribution in [3.05, 3.63) is 60.2 Å². The number of benzene rings is 2. The fraction of sp³-hybridized carbons (Fsp3) is 0.484. The second kappa shape index (κ2) is 13.7. The van der Waals surface area contributed by atoms with Crippen LogP contribution >= 0.6 is 0 Å². The van der Waals surface area contributed by atoms with Gasteiger partial charge in [-0.05, 0) is 43.0 Å². The smallest absolute Gasteiger partial charge is 0.262 e. The zero-order valence-corrected chi connectivity index (χ0v) is 24.4. The number of hydrazine groups is 1. The van der Waals surface area contributed by atoms with Crippen molar-refractivity contribution < 1.29 is 19.2 Å². The fourth-order valence-electron chi connectivity index (χ4n) is 5.44. The minimum atomic E-state index is -0.954. The molecule has 41 heavy (non-hydrogen) atoms. The van der Waals surface area contributed by atoms with Crippen molar-refractivity contribution in [3.8, 4) is 11.1 Å². The van der Waals surface area contributed by atoms with Gasteiger partial charge in [-0.25, -0.2) is 5.01 Å². The third-order valence-electron chi connectivity index (χ3n) is 7.72. The van der Waals surface area contributed by atoms with Crippen LogP contribution in [0.15, 0.2) is 54.6 Å². The van der Waals surface area contributed by atoms with Gasteiger partial charge in [-0.1, -0.05) is 68.4 Å². The van der Waals surface area contributed by atoms with Gasteiger partial charge in [-0.15, -0.1) is 0 Å². The number of nitrogens with zero attached hydrogens (tertiary/aromatic N) is 3. The summed E-state index contributed by atoms with van der Waals surface area (Å²) in [5.41, 5.74) is 3.08. The number of carbonyl (C=O) groups excluding carboxylic acids is 4. The number of fused-ring (bicyclic) bond motifs is 1. The Kier molecular flexibility index (Phi) is 10.1. The van der Waals surface area contributed by atoms with E-state index in [-0.39, 0.29) is 42.5 Å². The van der Waals surface area contributed by atoms with Crippen LogP contribution in [0.25, 0.3) is 11.1 Å². The van der Waals surface area contributed by atoms with Crippen LogP contribution < -0.4 is 16.0 Å². The summed E-state index contributed by atoms with van der Waals surface area (Å²) in [6, 6.07) is 15.9. The first-order valence-corrected chi connectivity index (χ1v) is 14.4. The van der Waals surface area contributed by atoms with E-state index in [9.17, 15) is 19.2 Å². The molecule has 10 nitrogen and oxygen atoms in total. The molecule has 2 fully saturated rings. The van der Waals surface area contributed by atoms with Crippen molar-refractivity contribution in [1.82, 2.24) is 30.9 Å². The number of amides is 4. The molecule has 3 atom stereocenters. The first-order chi connectivity index (χ1) is 19.7. The standard InChI is InChI=1S/C31H42N6O4/c1-21(2)18-28(38)34-26-20-35(30(40)22(3)32-4)16-17-36-15-14-27(37(36)31(26)41)29(39)33-19-24-12-8-9-13-25(24)23-10-6-5-7-11-23/h5-13,21-22,26-27,32H,14-20H2,1-4H3,(H,33,39)(H,34,38)/t22-,26+,27+/m1/s1. The molecule has 0 aromatic heterocycles. The maximum atomic E-state index is 14.0. The molecule has 10 heteroatoms. The van der Waals surface area contributed by atoms with Crippen molar-refractivity contribution in [3.63, 3.8) is 0 Å². The van der Waals surface area contributed by atoms with Gasteiger partial charge in [0.1, 0.15) is 12.1 Å². The number of carbonyl (C=O) groups is 4. The lowest BCUT2D eigenvalue weighted by atomic mass is 9.99. The van der Waals surface area contributed by atoms with E-state index in [2.05, 4.69) is 16.0 Å². The molecule has 4 rings (SSSR count). The summed E-state index contributed by atoms with van der Waals surface area (Å²) in [5.74, 6) is -0.895. The third-order valence-corrected chi connectivity index (χ3v) is 7.72. The van der Waals surface area contributed by atoms with Crippen LogP contribution in [-0.4, -0.2) is 89.9 Å². The monoisotopic (exact) mass is 562 g/mol. The second-order valence-electron chi connectivity index (χ2n) is 11.2. The third kappa shape index (κ3) is 7.31. The Balaban J connectivity index is 1.52. The number of nitrogens with one attached hydrogen (secondary N) is 3. The predicted octanol–water partition coefficient (Wildman–Crippen LogP) is 1.77. The van der Waals surface area contributed by atoms with E-state index in [4.69, 9.17) is 0 Å². The molecule has 3 N–H and O–H groups in total. The normalized spacial score (nSPS) is 20.3. The van der Waals surface area contributed by atoms with Gasteiger partial charge in [0, 0.05) is 32.6 Å². The zero-order chi connectivity index (χ0) is 29.5. The molecule has 0 unspecified atom stereocenters. The molecule has 4 amide bonds. The first kappa shape index (κ1) is 30.2. The van der Waals surface area contributed by atoms with E-state index in [1.807, 2.05) is 73.5 Å². The Morgan fingerprint density at radius 3 is 2.37 bits per heavy atom. The second-order valence-corrected chi connectivity index (χ2v) is 11.2. The average Bonchev–Trinajstić information content (AvgIpc) is 3.39. The van der Waals surface area contributed by atoms with Gasteiger partial charge < -0.3 is 20.9 Å². The van der Waals surface area contributed by atoms with Crippen molar-refractivity contribution in [1.29, 1.82) is 0 Å². The summed E-state index contributed by atoms with van der Waals surface area (Å²) in [6.45, 7) is 7.31. The Labute approximate surface area is 242 Å². The van der Waals surface area contributed by atoms with Gasteiger partial charge in [0.2, 0.25) is 17.7 Å². The molecular formula is C31H42N6O4. The summed E-state index contributed by atoms with van der Waals surface area (Å²) >= 11 is 0. The van der Waals surface area contributed by atoms with Gasteiger partial charge in [-0.2, -0.15) is 0 Å². The summed E-state index contributed by atoms with van der Waals surface area (Å²) in [5, 5.41) is 12.2. The highest BCUT2D eigenvalue weighted by Gasteiger charge is 2.44. The molecule has 2 saturated heterocycles. The van der Waals surface area contributed by atoms with E-state index in [0.717, 1.165) is 16.7 Å². The molecule has 2 heterocycles. The molecule has 2 aliphatic rings. The summed E-state index contributed by atoms with van der Waals surface area (Å²) in [4.78, 5) is 55.0. The zero-order valence-electron chi connectivity index (χ0n) is 24.4. The molecular weight excluding hydrogens is 520 g/mol. The van der Waals surface area contributed by atoms with Gasteiger partial charge in [0.25, 0.3) is 5.91 Å². The van der Waals surface area contributed by atoms with Crippen LogP contribution in [0.3, 0.4) is 0 Å². The largest absolute Gasteiger partial charge is 0.350 e. The topological polar surface area (TPSA) is 114 Å². The molecule has 0 aliphatic carbocycles. The molecule has 2 aromatic carbocycles. The van der Waals surface area contributed by atoms with E-state index < -0.39 is 18.1 Å². The van der Waals surface area contributed by atoms with E-state index in [1.54, 1.807) is 18.9 Å². The molecule has 0 spiro atoms. The molecule has 2 aliphatic heterocycles. The number of likely N-dealkylation sites (N-methyl/N-ethyl adjacent to an activating group) is 1. The van der Waals surface area contributed by atoms with Gasteiger partial charge in [0.15, 0.2) is 0 Å². The fourth-order valence-corrected chi connectivity index (χ4v) is 5.44. The highest BCUT2D eigenvalue weighted by molar-refractivity contribution is 5.93. The Bertz CT molecular complexity index is 1240. The maximum absolute atomic E-state index is 14.0. The lowest BCUT2D eigenvalue weighted by Gasteiger charge is -2.40. The Morgan fingerprint density at radius 1 is 0.951 bits per heavy atom. The van der Waals surface area contributed by atoms with Crippen molar-refractivity contribution in [2.75, 3.05) is 33.2 Å². The summed E-state index contributed by atoms with van der Waals surface area (Å²) in [7, 11) is 1.71. The van der Waals surface area contributed by atoms with Crippen LogP contribution in [0.2, 0.25) is 0 Å². The van der Waals surface area contributed by atoms with Crippen LogP contribution in [0.1, 0.15) is 39.2 Å². The minimum absolute atomic E-state index is 0.0522. The molecule has 0 radical (unpaired) electrons. The summed E-state index contributed by atoms with van der Waals surface area (Å²) < 4.78 is 0. The minimum Gasteiger partial charge on any atom is -0.350 e. The molecule has 2 aromatic rings. The maximum Gasteiger partial charge on any atom is 0.262 e. The molecule has 220 valence electrons. The number of hydrogen-bond acceptors (Lipinski definition) is 6. The van der Waals surface area contributed by atoms with Crippen molar-refractivity contribution >= 4 is 23.6 Å². The van der Waals surface area contributed by atoms with Gasteiger partial charge >= 0.3 is 0 Å². The predicted molar refractivity (Wildman–Crippen MR) is 157 cm³/mol. The quantitative estimate of drug-likeness (QED) is 0.429. The average molecular weight is 563 g/mol. The highest BCUT2D eigenvalue weighted by atomic mass is 16.2. The van der Waals surface area contributed by atoms with E-state index in [1.165, 1.54) is 5.01 Å². The first-order valence-electron chi connectivity index (χ1n) is 14.4. The number of rotatable bonds is 9. The summed E-state index contributed by atoms with van der Waals surface area (Å²) in [6.07, 6.45) is 0.727. The molecule has 0 bridgehead atoms. The number of hydrogen-bond donors (Lipinski definition) is 3. The van der Waals surface area contributed by atoms with E-state index in [0.29, 0.717) is 32.6 Å². The Hall–Kier alpha value is -3.76. The van der Waals surface area contributed by atoms with Crippen LogP contribution in [0.4, 0.5) is 0 Å². The van der Waals surface area contributed by atoms with Crippen LogP contribution in [-0.2, 0) is 25.7 Å². The SMILES string of the molecule is CN[C@H](C)C(=O)N1CCN2CC[C@@H](C(=O)NCc3ccccc3-c3ccccc3)N2C(=O)[C@@H](NC(=O)CC(C)C)C1. The molecule has 0 saturated carbocycles. The van der Waals surface area contributed by atoms with Crippen molar-refractivity contribution in [2.45, 2.75) is 58.3 Å². The lowest BCUT2D eigenvalue weighted by Crippen LogP contribution is -2.64. The van der Waals surface area contributed by atoms with Gasteiger partial charge in [-0.3, -0.25) is 24.2 Å². The van der Waals surface area contributed by atoms with Crippen molar-refractivity contribution in [2.24, 2.45) is 5.92 Å². The highest BCUT2D eigenvalue weighted by Crippen LogP contribution is 2.25. The van der Waals surface area contributed by atoms with Gasteiger partial charge in [0.05, 0.1) is 12.6 Å².